The van der Waals surface area contributed by atoms with Gasteiger partial charge in [-0.2, -0.15) is 0 Å². The number of ketones is 1. The smallest absolute Gasteiger partial charge is 0.408 e. The number of nitrogens with one attached hydrogen (secondary N) is 3. The number of hydrogen-bond acceptors (Lipinski definition) is 10. The molecule has 16 heteroatoms. The van der Waals surface area contributed by atoms with Crippen LogP contribution in [-0.2, 0) is 33.9 Å². The van der Waals surface area contributed by atoms with Gasteiger partial charge in [0, 0.05) is 34.8 Å². The van der Waals surface area contributed by atoms with E-state index in [0.717, 1.165) is 9.86 Å². The van der Waals surface area contributed by atoms with Gasteiger partial charge in [0.1, 0.15) is 29.3 Å². The fraction of sp³-hybridized carbons (Fsp3) is 0.514. The van der Waals surface area contributed by atoms with Crippen molar-refractivity contribution in [2.75, 3.05) is 6.54 Å². The molecule has 4 amide bonds. The fourth-order valence-corrected chi connectivity index (χ4v) is 8.03. The van der Waals surface area contributed by atoms with Gasteiger partial charge in [0.05, 0.1) is 11.8 Å². The second kappa shape index (κ2) is 15.6. The molecule has 286 valence electrons. The van der Waals surface area contributed by atoms with E-state index in [1.54, 1.807) is 46.9 Å². The van der Waals surface area contributed by atoms with Gasteiger partial charge in [-0.15, -0.1) is 6.58 Å². The largest absolute Gasteiger partial charge is 0.472 e. The number of alkyl carbamates (subject to hydrolysis) is 1. The van der Waals surface area contributed by atoms with E-state index >= 15 is 0 Å². The number of halogens is 1. The number of benzene rings is 1. The van der Waals surface area contributed by atoms with Gasteiger partial charge in [0.25, 0.3) is 5.91 Å². The molecule has 3 N–H and O–H groups in total. The number of carbonyl (C=O) groups excluding carboxylic acids is 5. The second-order valence-corrected chi connectivity index (χ2v) is 17.7. The van der Waals surface area contributed by atoms with Crippen LogP contribution in [0.2, 0.25) is 0 Å². The van der Waals surface area contributed by atoms with Crippen LogP contribution in [0.4, 0.5) is 4.79 Å². The van der Waals surface area contributed by atoms with Crippen molar-refractivity contribution in [1.29, 1.82) is 0 Å². The van der Waals surface area contributed by atoms with E-state index in [1.807, 2.05) is 24.3 Å². The van der Waals surface area contributed by atoms with Crippen LogP contribution in [0.3, 0.4) is 0 Å². The van der Waals surface area contributed by atoms with Crippen molar-refractivity contribution < 1.29 is 41.9 Å². The Morgan fingerprint density at radius 2 is 1.89 bits per heavy atom. The molecule has 1 aromatic heterocycles. The van der Waals surface area contributed by atoms with E-state index in [9.17, 15) is 32.4 Å². The molecule has 3 fully saturated rings. The highest BCUT2D eigenvalue weighted by Gasteiger charge is 2.62. The number of amides is 4. The number of likely N-dealkylation sites (tertiary alicyclic amines) is 1. The topological polar surface area (TPSA) is 190 Å². The number of Topliss-reactive ketones (excluding diaryl/α,β-unsaturated/α-hetero) is 1. The van der Waals surface area contributed by atoms with Gasteiger partial charge < -0.3 is 25.0 Å². The zero-order valence-electron chi connectivity index (χ0n) is 30.4. The Kier molecular flexibility index (Phi) is 11.7. The Bertz CT molecular complexity index is 1960. The highest BCUT2D eigenvalue weighted by Crippen LogP contribution is 2.45. The first-order valence-electron chi connectivity index (χ1n) is 17.5. The van der Waals surface area contributed by atoms with Crippen LogP contribution in [0, 0.1) is 5.92 Å². The molecule has 5 unspecified atom stereocenters. The number of aromatic nitrogens is 1. The second-order valence-electron chi connectivity index (χ2n) is 14.8. The minimum atomic E-state index is -3.93. The Morgan fingerprint density at radius 3 is 2.51 bits per heavy atom. The molecule has 0 bridgehead atoms. The molecule has 2 saturated carbocycles. The molecule has 2 aliphatic carbocycles. The van der Waals surface area contributed by atoms with Crippen molar-refractivity contribution in [3.05, 3.63) is 59.2 Å². The van der Waals surface area contributed by atoms with E-state index in [2.05, 4.69) is 42.8 Å². The first-order chi connectivity index (χ1) is 24.9. The van der Waals surface area contributed by atoms with Crippen LogP contribution in [0.5, 0.6) is 5.88 Å². The van der Waals surface area contributed by atoms with E-state index in [0.29, 0.717) is 23.8 Å². The van der Waals surface area contributed by atoms with Crippen molar-refractivity contribution in [1.82, 2.24) is 25.2 Å². The molecule has 5 atom stereocenters. The molecule has 1 aliphatic heterocycles. The van der Waals surface area contributed by atoms with Crippen LogP contribution in [-0.4, -0.2) is 89.0 Å². The van der Waals surface area contributed by atoms with E-state index in [4.69, 9.17) is 9.47 Å². The van der Waals surface area contributed by atoms with Crippen molar-refractivity contribution >= 4 is 66.3 Å². The van der Waals surface area contributed by atoms with E-state index in [-0.39, 0.29) is 43.9 Å². The minimum Gasteiger partial charge on any atom is -0.472 e. The molecule has 14 nitrogen and oxygen atoms in total. The maximum atomic E-state index is 14.5. The summed E-state index contributed by atoms with van der Waals surface area (Å²) in [6, 6.07) is 4.92. The van der Waals surface area contributed by atoms with Gasteiger partial charge in [-0.3, -0.25) is 23.9 Å². The zero-order valence-corrected chi connectivity index (χ0v) is 32.8. The van der Waals surface area contributed by atoms with E-state index < -0.39 is 74.3 Å². The maximum Gasteiger partial charge on any atom is 0.408 e. The van der Waals surface area contributed by atoms with Crippen LogP contribution >= 0.6 is 15.9 Å². The number of rotatable bonds is 14. The molecule has 2 aromatic rings. The lowest BCUT2D eigenvalue weighted by Gasteiger charge is -2.30. The highest BCUT2D eigenvalue weighted by molar-refractivity contribution is 9.10. The van der Waals surface area contributed by atoms with Crippen LogP contribution in [0.15, 0.2) is 59.2 Å². The Balaban J connectivity index is 1.45. The maximum absolute atomic E-state index is 14.5. The number of pyridine rings is 1. The SMILES string of the molecule is C=CC1CC1(NC(=O)C1CC(Oc2nccc3ccc(Br)cc23)CN1C(=O)C(CCC(=O)C(C)=CC)NC(=O)OC(C)(C)C)C(=O)NS(=O)(=O)C1CC1. The summed E-state index contributed by atoms with van der Waals surface area (Å²) in [6.07, 6.45) is 3.83. The highest BCUT2D eigenvalue weighted by atomic mass is 79.9. The molecule has 5 rings (SSSR count). The van der Waals surface area contributed by atoms with Crippen molar-refractivity contribution in [3.63, 3.8) is 0 Å². The van der Waals surface area contributed by atoms with Gasteiger partial charge in [-0.05, 0) is 89.5 Å². The lowest BCUT2D eigenvalue weighted by atomic mass is 10.0. The van der Waals surface area contributed by atoms with Gasteiger partial charge in [-0.25, -0.2) is 18.2 Å². The van der Waals surface area contributed by atoms with Crippen molar-refractivity contribution in [2.24, 2.45) is 5.92 Å². The average molecular weight is 817 g/mol. The summed E-state index contributed by atoms with van der Waals surface area (Å²) in [4.78, 5) is 73.7. The summed E-state index contributed by atoms with van der Waals surface area (Å²) in [7, 11) is -3.93. The summed E-state index contributed by atoms with van der Waals surface area (Å²) < 4.78 is 40.1. The van der Waals surface area contributed by atoms with E-state index in [1.165, 1.54) is 11.0 Å². The third kappa shape index (κ3) is 9.44. The van der Waals surface area contributed by atoms with Gasteiger partial charge in [0.15, 0.2) is 5.78 Å². The Morgan fingerprint density at radius 1 is 1.17 bits per heavy atom. The molecule has 53 heavy (non-hydrogen) atoms. The number of fused-ring (bicyclic) bond motifs is 1. The predicted octanol–water partition coefficient (Wildman–Crippen LogP) is 4.22. The number of hydrogen-bond donors (Lipinski definition) is 3. The first kappa shape index (κ1) is 39.9. The lowest BCUT2D eigenvalue weighted by Crippen LogP contribution is -2.58. The molecule has 0 spiro atoms. The lowest BCUT2D eigenvalue weighted by molar-refractivity contribution is -0.141. The average Bonchev–Trinajstić information content (AvgIpc) is 4.02. The Hall–Kier alpha value is -4.31. The molecular formula is C37H46BrN5O9S. The van der Waals surface area contributed by atoms with Crippen molar-refractivity contribution in [2.45, 2.75) is 108 Å². The monoisotopic (exact) mass is 815 g/mol. The Labute approximate surface area is 317 Å². The summed E-state index contributed by atoms with van der Waals surface area (Å²) in [5, 5.41) is 6.22. The number of allylic oxidation sites excluding steroid dienone is 2. The van der Waals surface area contributed by atoms with Gasteiger partial charge >= 0.3 is 6.09 Å². The number of carbonyl (C=O) groups is 5. The number of sulfonamides is 1. The van der Waals surface area contributed by atoms with Gasteiger partial charge in [-0.1, -0.05) is 34.1 Å². The summed E-state index contributed by atoms with van der Waals surface area (Å²) in [6.45, 7) is 12.0. The molecule has 3 aliphatic rings. The number of ether oxygens (including phenoxy) is 2. The standard InChI is InChI=1S/C37H46BrN5O9S/c1-7-21(3)30(44)14-13-28(40-35(48)52-36(4,5)6)33(46)43-20-25(51-32-27-17-24(38)10-9-22(27)15-16-39-32)18-29(43)31(45)41-37(19-23(37)8-2)34(47)42-53(49,50)26-11-12-26/h7-10,15-17,23,25-26,28-29H,2,11-14,18-20H2,1,3-6H3,(H,40,48)(H,41,45)(H,42,47). The quantitative estimate of drug-likeness (QED) is 0.184. The van der Waals surface area contributed by atoms with Crippen LogP contribution in [0.25, 0.3) is 10.8 Å². The third-order valence-electron chi connectivity index (χ3n) is 9.59. The number of nitrogens with zero attached hydrogens (tertiary/aromatic N) is 2. The predicted molar refractivity (Wildman–Crippen MR) is 200 cm³/mol. The molecular weight excluding hydrogens is 770 g/mol. The van der Waals surface area contributed by atoms with Crippen LogP contribution < -0.4 is 20.1 Å². The van der Waals surface area contributed by atoms with Crippen LogP contribution in [0.1, 0.15) is 73.1 Å². The minimum absolute atomic E-state index is 0.0315. The molecule has 1 saturated heterocycles. The molecule has 2 heterocycles. The zero-order chi connectivity index (χ0) is 38.9. The summed E-state index contributed by atoms with van der Waals surface area (Å²) >= 11 is 3.48. The van der Waals surface area contributed by atoms with Crippen molar-refractivity contribution in [3.8, 4) is 5.88 Å². The van der Waals surface area contributed by atoms with Gasteiger partial charge in [0.2, 0.25) is 27.7 Å². The molecule has 0 radical (unpaired) electrons. The first-order valence-corrected chi connectivity index (χ1v) is 19.9. The summed E-state index contributed by atoms with van der Waals surface area (Å²) in [5.74, 6) is -2.78. The fourth-order valence-electron chi connectivity index (χ4n) is 6.30. The third-order valence-corrected chi connectivity index (χ3v) is 11.9. The summed E-state index contributed by atoms with van der Waals surface area (Å²) in [5.41, 5.74) is -2.00. The normalized spacial score (nSPS) is 23.5. The molecule has 1 aromatic carbocycles.